The predicted molar refractivity (Wildman–Crippen MR) is 82.5 cm³/mol. The Bertz CT molecular complexity index is 367. The van der Waals surface area contributed by atoms with Crippen molar-refractivity contribution in [1.82, 2.24) is 10.2 Å². The Labute approximate surface area is 127 Å². The van der Waals surface area contributed by atoms with E-state index in [2.05, 4.69) is 12.2 Å². The van der Waals surface area contributed by atoms with Crippen molar-refractivity contribution in [2.24, 2.45) is 17.6 Å². The van der Waals surface area contributed by atoms with Crippen LogP contribution in [0.25, 0.3) is 0 Å². The number of amides is 2. The Hall–Kier alpha value is -1.10. The molecule has 1 aliphatic heterocycles. The van der Waals surface area contributed by atoms with Gasteiger partial charge in [0.1, 0.15) is 0 Å². The van der Waals surface area contributed by atoms with E-state index in [1.54, 1.807) is 0 Å². The fourth-order valence-electron chi connectivity index (χ4n) is 3.45. The summed E-state index contributed by atoms with van der Waals surface area (Å²) in [7, 11) is 0. The number of carbonyl (C=O) groups excluding carboxylic acids is 2. The molecule has 2 aliphatic rings. The molecule has 21 heavy (non-hydrogen) atoms. The molecule has 5 nitrogen and oxygen atoms in total. The quantitative estimate of drug-likeness (QED) is 0.820. The first-order chi connectivity index (χ1) is 10.1. The van der Waals surface area contributed by atoms with E-state index in [4.69, 9.17) is 5.73 Å². The van der Waals surface area contributed by atoms with Gasteiger partial charge < -0.3 is 16.0 Å². The molecule has 0 aromatic rings. The van der Waals surface area contributed by atoms with Crippen LogP contribution in [-0.2, 0) is 9.59 Å². The van der Waals surface area contributed by atoms with Crippen molar-refractivity contribution in [3.8, 4) is 0 Å². The van der Waals surface area contributed by atoms with Crippen molar-refractivity contribution < 1.29 is 9.59 Å². The molecule has 3 N–H and O–H groups in total. The van der Waals surface area contributed by atoms with E-state index in [1.165, 1.54) is 6.42 Å². The molecule has 2 fully saturated rings. The van der Waals surface area contributed by atoms with Crippen molar-refractivity contribution in [3.05, 3.63) is 0 Å². The summed E-state index contributed by atoms with van der Waals surface area (Å²) >= 11 is 0. The van der Waals surface area contributed by atoms with E-state index in [0.29, 0.717) is 18.9 Å². The second kappa shape index (κ2) is 7.78. The molecule has 3 atom stereocenters. The monoisotopic (exact) mass is 295 g/mol. The highest BCUT2D eigenvalue weighted by Crippen LogP contribution is 2.29. The first kappa shape index (κ1) is 16.3. The van der Waals surface area contributed by atoms with Gasteiger partial charge in [0.05, 0.1) is 0 Å². The van der Waals surface area contributed by atoms with Gasteiger partial charge in [-0.2, -0.15) is 0 Å². The van der Waals surface area contributed by atoms with Crippen LogP contribution in [0, 0.1) is 11.8 Å². The highest BCUT2D eigenvalue weighted by Gasteiger charge is 2.31. The Morgan fingerprint density at radius 3 is 2.62 bits per heavy atom. The van der Waals surface area contributed by atoms with Crippen LogP contribution in [0.2, 0.25) is 0 Å². The molecule has 0 radical (unpaired) electrons. The molecule has 2 rings (SSSR count). The lowest BCUT2D eigenvalue weighted by atomic mass is 9.78. The van der Waals surface area contributed by atoms with E-state index >= 15 is 0 Å². The van der Waals surface area contributed by atoms with E-state index in [-0.39, 0.29) is 23.8 Å². The predicted octanol–water partition coefficient (Wildman–Crippen LogP) is 1.27. The number of nitrogens with two attached hydrogens (primary N) is 1. The average Bonchev–Trinajstić information content (AvgIpc) is 2.50. The van der Waals surface area contributed by atoms with Gasteiger partial charge in [0, 0.05) is 38.0 Å². The molecule has 1 heterocycles. The SMILES string of the molecule is CC1CCC(N)CC1C(=O)NCCC(=O)N1CCCCC1. The van der Waals surface area contributed by atoms with E-state index in [9.17, 15) is 9.59 Å². The number of nitrogens with one attached hydrogen (secondary N) is 1. The number of hydrogen-bond donors (Lipinski definition) is 2. The van der Waals surface area contributed by atoms with Gasteiger partial charge in [0.2, 0.25) is 11.8 Å². The maximum Gasteiger partial charge on any atom is 0.224 e. The van der Waals surface area contributed by atoms with Gasteiger partial charge in [0.15, 0.2) is 0 Å². The summed E-state index contributed by atoms with van der Waals surface area (Å²) < 4.78 is 0. The topological polar surface area (TPSA) is 75.4 Å². The van der Waals surface area contributed by atoms with Gasteiger partial charge in [0.25, 0.3) is 0 Å². The fourth-order valence-corrected chi connectivity index (χ4v) is 3.45. The lowest BCUT2D eigenvalue weighted by Gasteiger charge is -2.31. The zero-order chi connectivity index (χ0) is 15.2. The van der Waals surface area contributed by atoms with Gasteiger partial charge >= 0.3 is 0 Å². The molecule has 3 unspecified atom stereocenters. The van der Waals surface area contributed by atoms with Crippen LogP contribution in [-0.4, -0.2) is 42.4 Å². The zero-order valence-electron chi connectivity index (χ0n) is 13.1. The van der Waals surface area contributed by atoms with Crippen molar-refractivity contribution in [1.29, 1.82) is 0 Å². The normalized spacial score (nSPS) is 30.0. The second-order valence-electron chi connectivity index (χ2n) is 6.64. The maximum absolute atomic E-state index is 12.2. The standard InChI is InChI=1S/C16H29N3O2/c1-12-5-6-13(17)11-14(12)16(21)18-8-7-15(20)19-9-3-2-4-10-19/h12-14H,2-11,17H2,1H3,(H,18,21). The molecule has 1 saturated heterocycles. The number of piperidine rings is 1. The summed E-state index contributed by atoms with van der Waals surface area (Å²) in [5, 5.41) is 2.93. The first-order valence-corrected chi connectivity index (χ1v) is 8.39. The van der Waals surface area contributed by atoms with Crippen molar-refractivity contribution >= 4 is 11.8 Å². The molecule has 0 spiro atoms. The summed E-state index contributed by atoms with van der Waals surface area (Å²) in [6.45, 7) is 4.32. The summed E-state index contributed by atoms with van der Waals surface area (Å²) in [6.07, 6.45) is 6.65. The van der Waals surface area contributed by atoms with Crippen LogP contribution in [0.3, 0.4) is 0 Å². The second-order valence-corrected chi connectivity index (χ2v) is 6.64. The van der Waals surface area contributed by atoms with Crippen LogP contribution in [0.4, 0.5) is 0 Å². The molecule has 0 aromatic heterocycles. The van der Waals surface area contributed by atoms with Gasteiger partial charge in [-0.25, -0.2) is 0 Å². The third-order valence-corrected chi connectivity index (χ3v) is 4.92. The number of carbonyl (C=O) groups is 2. The first-order valence-electron chi connectivity index (χ1n) is 8.39. The Morgan fingerprint density at radius 2 is 1.90 bits per heavy atom. The lowest BCUT2D eigenvalue weighted by molar-refractivity contribution is -0.132. The fraction of sp³-hybridized carbons (Fsp3) is 0.875. The van der Waals surface area contributed by atoms with Crippen molar-refractivity contribution in [3.63, 3.8) is 0 Å². The largest absolute Gasteiger partial charge is 0.355 e. The van der Waals surface area contributed by atoms with Crippen LogP contribution < -0.4 is 11.1 Å². The highest BCUT2D eigenvalue weighted by atomic mass is 16.2. The van der Waals surface area contributed by atoms with Crippen LogP contribution in [0.1, 0.15) is 51.9 Å². The number of rotatable bonds is 4. The lowest BCUT2D eigenvalue weighted by Crippen LogP contribution is -2.43. The maximum atomic E-state index is 12.2. The molecule has 0 aromatic carbocycles. The van der Waals surface area contributed by atoms with Gasteiger partial charge in [-0.15, -0.1) is 0 Å². The zero-order valence-corrected chi connectivity index (χ0v) is 13.1. The smallest absolute Gasteiger partial charge is 0.224 e. The molecule has 2 amide bonds. The van der Waals surface area contributed by atoms with E-state index in [1.807, 2.05) is 4.90 Å². The molecular formula is C16H29N3O2. The molecule has 1 aliphatic carbocycles. The highest BCUT2D eigenvalue weighted by molar-refractivity contribution is 5.80. The molecular weight excluding hydrogens is 266 g/mol. The number of hydrogen-bond acceptors (Lipinski definition) is 3. The van der Waals surface area contributed by atoms with E-state index in [0.717, 1.165) is 45.2 Å². The Balaban J connectivity index is 1.69. The number of likely N-dealkylation sites (tertiary alicyclic amines) is 1. The van der Waals surface area contributed by atoms with Crippen molar-refractivity contribution in [2.45, 2.75) is 57.9 Å². The Kier molecular flexibility index (Phi) is 6.03. The Morgan fingerprint density at radius 1 is 1.19 bits per heavy atom. The van der Waals surface area contributed by atoms with Gasteiger partial charge in [-0.05, 0) is 44.4 Å². The van der Waals surface area contributed by atoms with Gasteiger partial charge in [-0.1, -0.05) is 6.92 Å². The van der Waals surface area contributed by atoms with Crippen LogP contribution in [0.5, 0.6) is 0 Å². The third kappa shape index (κ3) is 4.70. The van der Waals surface area contributed by atoms with Crippen LogP contribution >= 0.6 is 0 Å². The molecule has 5 heteroatoms. The number of nitrogens with zero attached hydrogens (tertiary/aromatic N) is 1. The minimum absolute atomic E-state index is 0.0128. The van der Waals surface area contributed by atoms with E-state index < -0.39 is 0 Å². The summed E-state index contributed by atoms with van der Waals surface area (Å²) in [5.41, 5.74) is 5.96. The molecule has 1 saturated carbocycles. The van der Waals surface area contributed by atoms with Gasteiger partial charge in [-0.3, -0.25) is 9.59 Å². The molecule has 0 bridgehead atoms. The minimum Gasteiger partial charge on any atom is -0.355 e. The summed E-state index contributed by atoms with van der Waals surface area (Å²) in [6, 6.07) is 0.145. The summed E-state index contributed by atoms with van der Waals surface area (Å²) in [4.78, 5) is 26.2. The summed E-state index contributed by atoms with van der Waals surface area (Å²) in [5.74, 6) is 0.647. The third-order valence-electron chi connectivity index (χ3n) is 4.92. The molecule has 120 valence electrons. The van der Waals surface area contributed by atoms with Crippen molar-refractivity contribution in [2.75, 3.05) is 19.6 Å². The van der Waals surface area contributed by atoms with Crippen LogP contribution in [0.15, 0.2) is 0 Å². The average molecular weight is 295 g/mol. The minimum atomic E-state index is 0.0128.